The van der Waals surface area contributed by atoms with Crippen LogP contribution in [0.25, 0.3) is 10.6 Å². The van der Waals surface area contributed by atoms with Gasteiger partial charge in [-0.15, -0.1) is 22.7 Å². The topological polar surface area (TPSA) is 98.6 Å². The maximum absolute atomic E-state index is 12.1. The summed E-state index contributed by atoms with van der Waals surface area (Å²) in [5, 5.41) is 12.0. The predicted octanol–water partition coefficient (Wildman–Crippen LogP) is 2.82. The molecule has 0 atom stereocenters. The Balaban J connectivity index is 2.23. The van der Waals surface area contributed by atoms with E-state index in [0.717, 1.165) is 0 Å². The van der Waals surface area contributed by atoms with Crippen LogP contribution in [0.2, 0.25) is 0 Å². The van der Waals surface area contributed by atoms with Crippen molar-refractivity contribution in [2.75, 3.05) is 6.61 Å². The molecule has 2 heterocycles. The van der Waals surface area contributed by atoms with Crippen molar-refractivity contribution in [3.63, 3.8) is 0 Å². The number of carbonyl (C=O) groups excluding carboxylic acids is 2. The number of carbonyl (C=O) groups is 2. The molecule has 2 rings (SSSR count). The lowest BCUT2D eigenvalue weighted by Gasteiger charge is -2.18. The van der Waals surface area contributed by atoms with E-state index in [1.165, 1.54) is 22.7 Å². The lowest BCUT2D eigenvalue weighted by Crippen LogP contribution is -2.24. The minimum absolute atomic E-state index is 0.0579. The van der Waals surface area contributed by atoms with E-state index in [4.69, 9.17) is 9.47 Å². The van der Waals surface area contributed by atoms with Crippen LogP contribution in [0, 0.1) is 0 Å². The number of ether oxygens (including phenoxy) is 2. The smallest absolute Gasteiger partial charge is 0.358 e. The molecule has 7 nitrogen and oxygen atoms in total. The molecule has 2 aromatic heterocycles. The van der Waals surface area contributed by atoms with Gasteiger partial charge in [0.1, 0.15) is 15.6 Å². The normalized spacial score (nSPS) is 11.4. The van der Waals surface area contributed by atoms with Gasteiger partial charge in [-0.1, -0.05) is 0 Å². The van der Waals surface area contributed by atoms with Gasteiger partial charge in [0.05, 0.1) is 30.2 Å². The molecule has 0 unspecified atom stereocenters. The Bertz CT molecular complexity index is 761. The number of aliphatic hydroxyl groups excluding tert-OH is 1. The lowest BCUT2D eigenvalue weighted by atomic mass is 10.2. The van der Waals surface area contributed by atoms with Crippen LogP contribution in [0.4, 0.5) is 0 Å². The summed E-state index contributed by atoms with van der Waals surface area (Å²) in [5.74, 6) is -0.922. The summed E-state index contributed by atoms with van der Waals surface area (Å²) in [6.07, 6.45) is 0.0579. The van der Waals surface area contributed by atoms with E-state index in [9.17, 15) is 14.7 Å². The summed E-state index contributed by atoms with van der Waals surface area (Å²) < 4.78 is 10.3. The summed E-state index contributed by atoms with van der Waals surface area (Å²) in [6, 6.07) is 0. The fourth-order valence-corrected chi connectivity index (χ4v) is 3.66. The number of rotatable bonds is 6. The van der Waals surface area contributed by atoms with Crippen LogP contribution in [-0.4, -0.2) is 39.2 Å². The van der Waals surface area contributed by atoms with Gasteiger partial charge in [-0.2, -0.15) is 0 Å². The highest BCUT2D eigenvalue weighted by molar-refractivity contribution is 7.16. The maximum atomic E-state index is 12.1. The number of hydrogen-bond donors (Lipinski definition) is 1. The molecule has 2 aromatic rings. The Morgan fingerprint density at radius 2 is 1.96 bits per heavy atom. The van der Waals surface area contributed by atoms with Crippen LogP contribution in [-0.2, 0) is 27.3 Å². The highest BCUT2D eigenvalue weighted by Gasteiger charge is 2.23. The van der Waals surface area contributed by atoms with E-state index in [0.29, 0.717) is 20.6 Å². The molecule has 0 amide bonds. The molecule has 0 bridgehead atoms. The van der Waals surface area contributed by atoms with E-state index in [2.05, 4.69) is 9.97 Å². The van der Waals surface area contributed by atoms with Crippen molar-refractivity contribution in [2.24, 2.45) is 0 Å². The molecule has 0 radical (unpaired) electrons. The molecule has 0 aromatic carbocycles. The van der Waals surface area contributed by atoms with Crippen LogP contribution in [0.3, 0.4) is 0 Å². The first-order chi connectivity index (χ1) is 11.7. The molecule has 136 valence electrons. The van der Waals surface area contributed by atoms with Crippen LogP contribution < -0.4 is 0 Å². The summed E-state index contributed by atoms with van der Waals surface area (Å²) in [6.45, 7) is 7.07. The number of aromatic nitrogens is 2. The van der Waals surface area contributed by atoms with Gasteiger partial charge in [-0.3, -0.25) is 4.79 Å². The Labute approximate surface area is 153 Å². The fourth-order valence-electron chi connectivity index (χ4n) is 1.94. The molecule has 0 aliphatic heterocycles. The molecule has 0 spiro atoms. The van der Waals surface area contributed by atoms with Crippen molar-refractivity contribution < 1.29 is 24.2 Å². The first kappa shape index (κ1) is 19.5. The van der Waals surface area contributed by atoms with Crippen molar-refractivity contribution in [3.05, 3.63) is 21.1 Å². The van der Waals surface area contributed by atoms with E-state index >= 15 is 0 Å². The monoisotopic (exact) mass is 384 g/mol. The van der Waals surface area contributed by atoms with Crippen LogP contribution in [0.5, 0.6) is 0 Å². The number of esters is 2. The Kier molecular flexibility index (Phi) is 6.26. The van der Waals surface area contributed by atoms with Crippen molar-refractivity contribution in [1.82, 2.24) is 9.97 Å². The largest absolute Gasteiger partial charge is 0.461 e. The Morgan fingerprint density at radius 3 is 2.56 bits per heavy atom. The molecule has 0 aliphatic carbocycles. The second-order valence-electron chi connectivity index (χ2n) is 6.05. The highest BCUT2D eigenvalue weighted by atomic mass is 32.1. The quantitative estimate of drug-likeness (QED) is 0.765. The zero-order valence-corrected chi connectivity index (χ0v) is 16.1. The van der Waals surface area contributed by atoms with Gasteiger partial charge in [0.2, 0.25) is 0 Å². The molecular weight excluding hydrogens is 364 g/mol. The zero-order valence-electron chi connectivity index (χ0n) is 14.5. The van der Waals surface area contributed by atoms with Crippen molar-refractivity contribution in [2.45, 2.75) is 46.3 Å². The molecule has 0 aliphatic rings. The van der Waals surface area contributed by atoms with E-state index < -0.39 is 11.6 Å². The van der Waals surface area contributed by atoms with E-state index in [1.807, 2.05) is 0 Å². The number of thiazole rings is 2. The second kappa shape index (κ2) is 8.03. The average Bonchev–Trinajstić information content (AvgIpc) is 3.11. The van der Waals surface area contributed by atoms with Crippen molar-refractivity contribution in [3.8, 4) is 10.6 Å². The van der Waals surface area contributed by atoms with Crippen LogP contribution in [0.1, 0.15) is 48.2 Å². The molecule has 0 fully saturated rings. The summed E-state index contributed by atoms with van der Waals surface area (Å²) in [7, 11) is 0. The zero-order chi connectivity index (χ0) is 18.6. The van der Waals surface area contributed by atoms with Gasteiger partial charge in [-0.05, 0) is 27.7 Å². The van der Waals surface area contributed by atoms with Gasteiger partial charge >= 0.3 is 11.9 Å². The summed E-state index contributed by atoms with van der Waals surface area (Å²) in [5.41, 5.74) is 0.107. The third-order valence-electron chi connectivity index (χ3n) is 2.78. The number of hydrogen-bond acceptors (Lipinski definition) is 9. The molecular formula is C16H20N2O5S2. The van der Waals surface area contributed by atoms with Gasteiger partial charge in [0.25, 0.3) is 0 Å². The van der Waals surface area contributed by atoms with Gasteiger partial charge in [0.15, 0.2) is 5.69 Å². The van der Waals surface area contributed by atoms with E-state index in [-0.39, 0.29) is 31.3 Å². The lowest BCUT2D eigenvalue weighted by molar-refractivity contribution is -0.153. The number of aliphatic hydroxyl groups is 1. The molecule has 9 heteroatoms. The molecule has 0 saturated carbocycles. The minimum atomic E-state index is -0.560. The first-order valence-electron chi connectivity index (χ1n) is 7.67. The third kappa shape index (κ3) is 5.32. The maximum Gasteiger partial charge on any atom is 0.358 e. The minimum Gasteiger partial charge on any atom is -0.461 e. The van der Waals surface area contributed by atoms with Gasteiger partial charge < -0.3 is 14.6 Å². The average molecular weight is 384 g/mol. The second-order valence-corrected chi connectivity index (χ2v) is 8.08. The molecule has 0 saturated heterocycles. The standard InChI is InChI=1S/C16H20N2O5S2/c1-5-22-15(21)13-14(25-11(7-19)18-13)9-8-24-10(17-9)6-12(20)23-16(2,3)4/h8,19H,5-7H2,1-4H3. The first-order valence-corrected chi connectivity index (χ1v) is 9.37. The van der Waals surface area contributed by atoms with E-state index in [1.54, 1.807) is 33.1 Å². The Morgan fingerprint density at radius 1 is 1.24 bits per heavy atom. The SMILES string of the molecule is CCOC(=O)c1nc(CO)sc1-c1csc(CC(=O)OC(C)(C)C)n1. The van der Waals surface area contributed by atoms with Crippen molar-refractivity contribution in [1.29, 1.82) is 0 Å². The Hall–Kier alpha value is -1.84. The van der Waals surface area contributed by atoms with Crippen LogP contribution in [0.15, 0.2) is 5.38 Å². The summed E-state index contributed by atoms with van der Waals surface area (Å²) >= 11 is 2.48. The third-order valence-corrected chi connectivity index (χ3v) is 4.69. The molecule has 1 N–H and O–H groups in total. The van der Waals surface area contributed by atoms with Crippen LogP contribution >= 0.6 is 22.7 Å². The predicted molar refractivity (Wildman–Crippen MR) is 94.7 cm³/mol. The molecule has 25 heavy (non-hydrogen) atoms. The van der Waals surface area contributed by atoms with Gasteiger partial charge in [0, 0.05) is 5.38 Å². The van der Waals surface area contributed by atoms with Crippen molar-refractivity contribution >= 4 is 34.6 Å². The summed E-state index contributed by atoms with van der Waals surface area (Å²) in [4.78, 5) is 33.0. The number of nitrogens with zero attached hydrogens (tertiary/aromatic N) is 2. The highest BCUT2D eigenvalue weighted by Crippen LogP contribution is 2.32. The fraction of sp³-hybridized carbons (Fsp3) is 0.500. The van der Waals surface area contributed by atoms with Gasteiger partial charge in [-0.25, -0.2) is 14.8 Å².